The molecule has 1 saturated heterocycles. The molecule has 7 atom stereocenters. The molecule has 4 N–H and O–H groups in total. The van der Waals surface area contributed by atoms with E-state index in [-0.39, 0.29) is 12.3 Å². The molecule has 1 fully saturated rings. The van der Waals surface area contributed by atoms with Crippen molar-refractivity contribution >= 4 is 26.7 Å². The molecule has 0 bridgehead atoms. The summed E-state index contributed by atoms with van der Waals surface area (Å²) in [6, 6.07) is -1.05. The molecule has 0 aromatic carbocycles. The third-order valence-electron chi connectivity index (χ3n) is 10.3. The van der Waals surface area contributed by atoms with Gasteiger partial charge >= 0.3 is 0 Å². The zero-order chi connectivity index (χ0) is 42.4. The zero-order valence-corrected chi connectivity index (χ0v) is 36.3. The van der Waals surface area contributed by atoms with Crippen LogP contribution in [0.2, 0.25) is 0 Å². The van der Waals surface area contributed by atoms with Gasteiger partial charge in [0, 0.05) is 6.42 Å². The fourth-order valence-electron chi connectivity index (χ4n) is 6.89. The molecule has 0 spiro atoms. The van der Waals surface area contributed by atoms with Crippen molar-refractivity contribution in [2.24, 2.45) is 0 Å². The minimum Gasteiger partial charge on any atom is -0.726 e. The van der Waals surface area contributed by atoms with Gasteiger partial charge in [0.25, 0.3) is 0 Å². The van der Waals surface area contributed by atoms with Crippen LogP contribution in [0.5, 0.6) is 0 Å². The zero-order valence-electron chi connectivity index (χ0n) is 34.6. The fraction of sp³-hybridized carbons (Fsp3) is 0.925. The number of hydrogen-bond acceptors (Lipinski definition) is 14. The minimum absolute atomic E-state index is 0.205. The topological polar surface area (TPSA) is 241 Å². The average molecular weight is 858 g/mol. The summed E-state index contributed by atoms with van der Waals surface area (Å²) in [5.41, 5.74) is 0. The first-order valence-electron chi connectivity index (χ1n) is 21.7. The van der Waals surface area contributed by atoms with Crippen LogP contribution in [-0.2, 0) is 43.4 Å². The first-order chi connectivity index (χ1) is 27.2. The summed E-state index contributed by atoms with van der Waals surface area (Å²) in [5, 5.41) is 35.1. The Kier molecular flexibility index (Phi) is 30.7. The molecular formula is C40H75NO14S2-2. The first-order valence-corrected chi connectivity index (χ1v) is 24.4. The monoisotopic (exact) mass is 857 g/mol. The van der Waals surface area contributed by atoms with Crippen LogP contribution in [0.3, 0.4) is 0 Å². The predicted octanol–water partition coefficient (Wildman–Crippen LogP) is 6.36. The van der Waals surface area contributed by atoms with E-state index in [1.165, 1.54) is 109 Å². The van der Waals surface area contributed by atoms with Gasteiger partial charge in [-0.25, -0.2) is 16.8 Å². The molecule has 0 radical (unpaired) electrons. The number of hydrogen-bond donors (Lipinski definition) is 4. The quantitative estimate of drug-likeness (QED) is 0.0230. The Morgan fingerprint density at radius 1 is 0.702 bits per heavy atom. The van der Waals surface area contributed by atoms with Crippen molar-refractivity contribution in [2.75, 3.05) is 13.2 Å². The Bertz CT molecular complexity index is 1250. The smallest absolute Gasteiger partial charge is 0.220 e. The molecule has 1 amide bonds. The van der Waals surface area contributed by atoms with Crippen LogP contribution >= 0.6 is 0 Å². The van der Waals surface area contributed by atoms with Gasteiger partial charge in [-0.1, -0.05) is 167 Å². The summed E-state index contributed by atoms with van der Waals surface area (Å²) in [6.07, 6.45) is 21.3. The molecule has 0 aromatic rings. The van der Waals surface area contributed by atoms with Crippen LogP contribution in [0.15, 0.2) is 12.2 Å². The minimum atomic E-state index is -5.49. The van der Waals surface area contributed by atoms with Crippen LogP contribution in [-0.4, -0.2) is 103 Å². The van der Waals surface area contributed by atoms with Crippen molar-refractivity contribution in [3.63, 3.8) is 0 Å². The second-order valence-corrected chi connectivity index (χ2v) is 17.5. The van der Waals surface area contributed by atoms with Gasteiger partial charge in [0.05, 0.1) is 25.4 Å². The van der Waals surface area contributed by atoms with Crippen LogP contribution in [0, 0.1) is 0 Å². The largest absolute Gasteiger partial charge is 0.726 e. The summed E-state index contributed by atoms with van der Waals surface area (Å²) < 4.78 is 86.4. The van der Waals surface area contributed by atoms with E-state index in [2.05, 4.69) is 27.5 Å². The van der Waals surface area contributed by atoms with Crippen molar-refractivity contribution in [3.05, 3.63) is 12.2 Å². The number of rotatable bonds is 37. The van der Waals surface area contributed by atoms with Crippen molar-refractivity contribution in [3.8, 4) is 0 Å². The number of ether oxygens (including phenoxy) is 2. The maximum Gasteiger partial charge on any atom is 0.220 e. The van der Waals surface area contributed by atoms with E-state index in [1.807, 2.05) is 6.08 Å². The molecule has 57 heavy (non-hydrogen) atoms. The molecule has 15 nitrogen and oxygen atoms in total. The fourth-order valence-corrected chi connectivity index (χ4v) is 7.70. The lowest BCUT2D eigenvalue weighted by molar-refractivity contribution is -0.297. The van der Waals surface area contributed by atoms with Crippen molar-refractivity contribution in [1.29, 1.82) is 0 Å². The SMILES string of the molecule is CCCCCCCCCCCCC/C=C/[C@@H](O)[C@H](COC1OC(COS(=O)(=O)[O-])C(OS(=O)(=O)[O-])C(O)C1O)NC(=O)CCCCCCCCCCCCCCC. The van der Waals surface area contributed by atoms with Gasteiger partial charge < -0.3 is 39.2 Å². The van der Waals surface area contributed by atoms with Crippen LogP contribution in [0.4, 0.5) is 0 Å². The van der Waals surface area contributed by atoms with Gasteiger partial charge in [-0.05, 0) is 19.3 Å². The second kappa shape index (κ2) is 32.5. The first kappa shape index (κ1) is 53.8. The predicted molar refractivity (Wildman–Crippen MR) is 215 cm³/mol. The van der Waals surface area contributed by atoms with Crippen molar-refractivity contribution < 1.29 is 63.9 Å². The number of allylic oxidation sites excluding steroid dienone is 1. The summed E-state index contributed by atoms with van der Waals surface area (Å²) in [5.74, 6) is -0.337. The van der Waals surface area contributed by atoms with Crippen LogP contribution in [0.25, 0.3) is 0 Å². The second-order valence-electron chi connectivity index (χ2n) is 15.4. The maximum atomic E-state index is 13.0. The number of aliphatic hydroxyl groups excluding tert-OH is 3. The summed E-state index contributed by atoms with van der Waals surface area (Å²) in [6.45, 7) is 2.78. The lowest BCUT2D eigenvalue weighted by Gasteiger charge is -2.42. The van der Waals surface area contributed by atoms with E-state index in [1.54, 1.807) is 6.08 Å². The Morgan fingerprint density at radius 3 is 1.61 bits per heavy atom. The van der Waals surface area contributed by atoms with E-state index in [4.69, 9.17) is 9.47 Å². The molecular weight excluding hydrogens is 783 g/mol. The lowest BCUT2D eigenvalue weighted by Crippen LogP contribution is -2.61. The van der Waals surface area contributed by atoms with E-state index in [0.29, 0.717) is 12.8 Å². The van der Waals surface area contributed by atoms with Gasteiger partial charge in [-0.2, -0.15) is 0 Å². The molecule has 0 aromatic heterocycles. The van der Waals surface area contributed by atoms with Gasteiger partial charge in [0.1, 0.15) is 24.4 Å². The molecule has 338 valence electrons. The summed E-state index contributed by atoms with van der Waals surface area (Å²) >= 11 is 0. The molecule has 1 rings (SSSR count). The number of unbranched alkanes of at least 4 members (excludes halogenated alkanes) is 23. The Morgan fingerprint density at radius 2 is 1.16 bits per heavy atom. The molecule has 1 heterocycles. The van der Waals surface area contributed by atoms with Crippen LogP contribution in [0.1, 0.15) is 181 Å². The van der Waals surface area contributed by atoms with Gasteiger partial charge in [0.15, 0.2) is 6.29 Å². The van der Waals surface area contributed by atoms with E-state index < -0.39 is 76.9 Å². The van der Waals surface area contributed by atoms with Gasteiger partial charge in [-0.15, -0.1) is 0 Å². The number of carbonyl (C=O) groups is 1. The van der Waals surface area contributed by atoms with Gasteiger partial charge in [-0.3, -0.25) is 13.2 Å². The highest BCUT2D eigenvalue weighted by atomic mass is 32.3. The van der Waals surface area contributed by atoms with Gasteiger partial charge in [0.2, 0.25) is 26.7 Å². The standard InChI is InChI=1S/C40H77NO14S2/c1-3-5-7-9-11-13-15-17-19-21-23-25-27-29-34(42)33(41-36(43)30-28-26-24-22-20-18-16-14-12-10-8-6-4-2)31-52-40-38(45)37(44)39(55-57(49,50)51)35(54-40)32-53-56(46,47)48/h27,29,33-35,37-40,42,44-45H,3-26,28,30-32H2,1-2H3,(H,41,43)(H,46,47,48)(H,49,50,51)/p-2/b29-27+/t33-,34+,35?,37?,38?,39?,40?/m0/s1. The number of nitrogens with one attached hydrogen (secondary N) is 1. The van der Waals surface area contributed by atoms with E-state index in [9.17, 15) is 46.1 Å². The Balaban J connectivity index is 2.72. The molecule has 1 aliphatic rings. The highest BCUT2D eigenvalue weighted by Gasteiger charge is 2.47. The van der Waals surface area contributed by atoms with Crippen molar-refractivity contribution in [2.45, 2.75) is 224 Å². The molecule has 0 saturated carbocycles. The lowest BCUT2D eigenvalue weighted by atomic mass is 9.99. The number of amides is 1. The summed E-state index contributed by atoms with van der Waals surface area (Å²) in [7, 11) is -10.8. The molecule has 5 unspecified atom stereocenters. The van der Waals surface area contributed by atoms with E-state index >= 15 is 0 Å². The number of carbonyl (C=O) groups excluding carboxylic acids is 1. The third-order valence-corrected chi connectivity index (χ3v) is 11.1. The van der Waals surface area contributed by atoms with E-state index in [0.717, 1.165) is 38.5 Å². The summed E-state index contributed by atoms with van der Waals surface area (Å²) in [4.78, 5) is 13.0. The molecule has 1 aliphatic heterocycles. The molecule has 0 aliphatic carbocycles. The number of aliphatic hydroxyl groups is 3. The highest BCUT2D eigenvalue weighted by Crippen LogP contribution is 2.27. The van der Waals surface area contributed by atoms with Crippen LogP contribution < -0.4 is 5.32 Å². The Labute approximate surface area is 344 Å². The highest BCUT2D eigenvalue weighted by molar-refractivity contribution is 7.81. The molecule has 17 heteroatoms. The van der Waals surface area contributed by atoms with Crippen molar-refractivity contribution in [1.82, 2.24) is 5.32 Å². The normalized spacial score (nSPS) is 21.6. The average Bonchev–Trinajstić information content (AvgIpc) is 3.15. The maximum absolute atomic E-state index is 13.0. The Hall–Kier alpha value is -1.25. The third kappa shape index (κ3) is 28.8.